The Balaban J connectivity index is 0.000000369. The zero-order valence-electron chi connectivity index (χ0n) is 25.2. The first-order valence-corrected chi connectivity index (χ1v) is 18.0. The molecule has 4 aromatic carbocycles. The maximum atomic E-state index is 10.4. The topological polar surface area (TPSA) is 57.2 Å². The number of aryl methyl sites for hydroxylation is 2. The standard InChI is InChI=1S/C30H39S.C7H8O3S/c1-2-3-4-5-6-7-8-9-10-13-18-27-23-25-30(26-24-27)31(28-19-14-11-15-20-28)29-21-16-12-17-22-29;1-6-2-4-7(5-3-6)11(8,9)10/h11-12,14-17,19-26H,2-10,13,18H2,1H3;2-5H,1H3,(H,8,9,10)/q+1;/p-1. The van der Waals surface area contributed by atoms with E-state index in [2.05, 4.69) is 91.9 Å². The van der Waals surface area contributed by atoms with E-state index in [1.165, 1.54) is 103 Å². The Morgan fingerprint density at radius 2 is 0.976 bits per heavy atom. The summed E-state index contributed by atoms with van der Waals surface area (Å²) in [5.41, 5.74) is 2.41. The highest BCUT2D eigenvalue weighted by molar-refractivity contribution is 7.97. The summed E-state index contributed by atoms with van der Waals surface area (Å²) in [6.07, 6.45) is 15.2. The van der Waals surface area contributed by atoms with Gasteiger partial charge in [-0.05, 0) is 73.9 Å². The van der Waals surface area contributed by atoms with Crippen LogP contribution in [0.1, 0.15) is 82.3 Å². The van der Waals surface area contributed by atoms with Crippen molar-refractivity contribution in [3.63, 3.8) is 0 Å². The Bertz CT molecular complexity index is 1330. The van der Waals surface area contributed by atoms with E-state index in [0.29, 0.717) is 0 Å². The Morgan fingerprint density at radius 3 is 1.43 bits per heavy atom. The summed E-state index contributed by atoms with van der Waals surface area (Å²) in [6.45, 7) is 4.11. The van der Waals surface area contributed by atoms with E-state index >= 15 is 0 Å². The minimum absolute atomic E-state index is 0.0375. The van der Waals surface area contributed by atoms with Crippen LogP contribution < -0.4 is 0 Å². The molecule has 0 heterocycles. The van der Waals surface area contributed by atoms with Crippen molar-refractivity contribution in [2.75, 3.05) is 0 Å². The summed E-state index contributed by atoms with van der Waals surface area (Å²) in [7, 11) is -4.31. The van der Waals surface area contributed by atoms with Gasteiger partial charge in [-0.1, -0.05) is 131 Å². The second-order valence-electron chi connectivity index (χ2n) is 10.8. The highest BCUT2D eigenvalue weighted by atomic mass is 32.2. The van der Waals surface area contributed by atoms with Gasteiger partial charge in [0.05, 0.1) is 15.8 Å². The lowest BCUT2D eigenvalue weighted by Crippen LogP contribution is -2.04. The normalized spacial score (nSPS) is 11.2. The first-order chi connectivity index (χ1) is 20.4. The molecular formula is C37H46O3S2. The minimum Gasteiger partial charge on any atom is -0.744 e. The average Bonchev–Trinajstić information content (AvgIpc) is 3.00. The Hall–Kier alpha value is -2.86. The quantitative estimate of drug-likeness (QED) is 0.0773. The summed E-state index contributed by atoms with van der Waals surface area (Å²) >= 11 is 0. The van der Waals surface area contributed by atoms with Crippen molar-refractivity contribution in [2.24, 2.45) is 0 Å². The molecule has 4 rings (SSSR count). The van der Waals surface area contributed by atoms with Gasteiger partial charge in [0.2, 0.25) is 0 Å². The molecule has 4 aromatic rings. The van der Waals surface area contributed by atoms with Gasteiger partial charge in [-0.15, -0.1) is 0 Å². The van der Waals surface area contributed by atoms with E-state index in [4.69, 9.17) is 0 Å². The van der Waals surface area contributed by atoms with Crippen molar-refractivity contribution >= 4 is 21.0 Å². The monoisotopic (exact) mass is 602 g/mol. The van der Waals surface area contributed by atoms with Crippen LogP contribution in [0.5, 0.6) is 0 Å². The molecule has 0 aliphatic heterocycles. The molecule has 0 amide bonds. The third-order valence-electron chi connectivity index (χ3n) is 7.25. The Labute approximate surface area is 257 Å². The molecule has 0 saturated heterocycles. The molecule has 42 heavy (non-hydrogen) atoms. The fourth-order valence-electron chi connectivity index (χ4n) is 4.84. The van der Waals surface area contributed by atoms with Crippen molar-refractivity contribution in [1.29, 1.82) is 0 Å². The predicted octanol–water partition coefficient (Wildman–Crippen LogP) is 10.1. The van der Waals surface area contributed by atoms with Gasteiger partial charge in [-0.2, -0.15) is 0 Å². The molecule has 0 aromatic heterocycles. The van der Waals surface area contributed by atoms with Gasteiger partial charge in [0.15, 0.2) is 14.7 Å². The smallest absolute Gasteiger partial charge is 0.166 e. The lowest BCUT2D eigenvalue weighted by atomic mass is 10.0. The van der Waals surface area contributed by atoms with E-state index in [1.54, 1.807) is 12.1 Å². The van der Waals surface area contributed by atoms with Gasteiger partial charge in [0.1, 0.15) is 10.1 Å². The van der Waals surface area contributed by atoms with Crippen LogP contribution in [0.4, 0.5) is 0 Å². The summed E-state index contributed by atoms with van der Waals surface area (Å²) in [5.74, 6) is 0. The third-order valence-corrected chi connectivity index (χ3v) is 10.3. The van der Waals surface area contributed by atoms with Crippen molar-refractivity contribution in [1.82, 2.24) is 0 Å². The van der Waals surface area contributed by atoms with E-state index in [-0.39, 0.29) is 15.8 Å². The predicted molar refractivity (Wildman–Crippen MR) is 176 cm³/mol. The summed E-state index contributed by atoms with van der Waals surface area (Å²) in [5, 5.41) is 0. The maximum Gasteiger partial charge on any atom is 0.166 e. The Morgan fingerprint density at radius 1 is 0.548 bits per heavy atom. The number of hydrogen-bond donors (Lipinski definition) is 0. The number of unbranched alkanes of at least 4 members (excludes halogenated alkanes) is 9. The van der Waals surface area contributed by atoms with E-state index in [9.17, 15) is 13.0 Å². The van der Waals surface area contributed by atoms with Crippen LogP contribution >= 0.6 is 0 Å². The van der Waals surface area contributed by atoms with Crippen LogP contribution in [0, 0.1) is 6.92 Å². The first kappa shape index (κ1) is 33.6. The highest BCUT2D eigenvalue weighted by Crippen LogP contribution is 2.31. The van der Waals surface area contributed by atoms with Crippen LogP contribution in [0.2, 0.25) is 0 Å². The molecule has 0 aliphatic rings. The van der Waals surface area contributed by atoms with Gasteiger partial charge in [0, 0.05) is 0 Å². The zero-order chi connectivity index (χ0) is 30.0. The van der Waals surface area contributed by atoms with Crippen molar-refractivity contribution in [3.8, 4) is 0 Å². The van der Waals surface area contributed by atoms with Crippen molar-refractivity contribution < 1.29 is 13.0 Å². The first-order valence-electron chi connectivity index (χ1n) is 15.3. The number of benzene rings is 4. The van der Waals surface area contributed by atoms with Gasteiger partial charge in [-0.25, -0.2) is 8.42 Å². The van der Waals surface area contributed by atoms with Crippen molar-refractivity contribution in [2.45, 2.75) is 104 Å². The minimum atomic E-state index is -4.27. The van der Waals surface area contributed by atoms with Gasteiger partial charge in [-0.3, -0.25) is 0 Å². The number of hydrogen-bond acceptors (Lipinski definition) is 3. The third kappa shape index (κ3) is 12.2. The van der Waals surface area contributed by atoms with E-state index in [0.717, 1.165) is 5.56 Å². The molecule has 0 saturated carbocycles. The second-order valence-corrected chi connectivity index (χ2v) is 14.2. The molecule has 0 N–H and O–H groups in total. The maximum absolute atomic E-state index is 10.4. The SMILES string of the molecule is CCCCCCCCCCCCc1ccc([S+](c2ccccc2)c2ccccc2)cc1.Cc1ccc(S(=O)(=O)[O-])cc1. The lowest BCUT2D eigenvalue weighted by Gasteiger charge is -2.09. The molecule has 0 unspecified atom stereocenters. The summed E-state index contributed by atoms with van der Waals surface area (Å²) in [6, 6.07) is 37.0. The Kier molecular flexibility index (Phi) is 14.9. The van der Waals surface area contributed by atoms with Gasteiger partial charge in [0.25, 0.3) is 0 Å². The largest absolute Gasteiger partial charge is 0.744 e. The molecular weight excluding hydrogens is 557 g/mol. The van der Waals surface area contributed by atoms with E-state index < -0.39 is 10.1 Å². The fraction of sp³-hybridized carbons (Fsp3) is 0.351. The molecule has 0 fully saturated rings. The zero-order valence-corrected chi connectivity index (χ0v) is 26.8. The average molecular weight is 603 g/mol. The molecule has 5 heteroatoms. The van der Waals surface area contributed by atoms with Crippen LogP contribution in [0.3, 0.4) is 0 Å². The van der Waals surface area contributed by atoms with E-state index in [1.807, 2.05) is 6.92 Å². The highest BCUT2D eigenvalue weighted by Gasteiger charge is 2.27. The molecule has 0 bridgehead atoms. The molecule has 0 atom stereocenters. The van der Waals surface area contributed by atoms with Gasteiger partial charge >= 0.3 is 0 Å². The number of rotatable bonds is 15. The van der Waals surface area contributed by atoms with Crippen LogP contribution in [0.25, 0.3) is 0 Å². The summed E-state index contributed by atoms with van der Waals surface area (Å²) < 4.78 is 31.2. The molecule has 0 spiro atoms. The van der Waals surface area contributed by atoms with Crippen LogP contribution in [-0.4, -0.2) is 13.0 Å². The lowest BCUT2D eigenvalue weighted by molar-refractivity contribution is 0.463. The van der Waals surface area contributed by atoms with Crippen LogP contribution in [0.15, 0.2) is 129 Å². The van der Waals surface area contributed by atoms with Crippen molar-refractivity contribution in [3.05, 3.63) is 120 Å². The molecule has 0 radical (unpaired) electrons. The van der Waals surface area contributed by atoms with Crippen LogP contribution in [-0.2, 0) is 27.4 Å². The molecule has 0 aliphatic carbocycles. The molecule has 3 nitrogen and oxygen atoms in total. The second kappa shape index (κ2) is 18.6. The van der Waals surface area contributed by atoms with Gasteiger partial charge < -0.3 is 4.55 Å². The summed E-state index contributed by atoms with van der Waals surface area (Å²) in [4.78, 5) is 4.00. The molecule has 224 valence electrons. The fourth-order valence-corrected chi connectivity index (χ4v) is 7.39.